The highest BCUT2D eigenvalue weighted by Crippen LogP contribution is 2.39. The Morgan fingerprint density at radius 2 is 1.67 bits per heavy atom. The van der Waals surface area contributed by atoms with Gasteiger partial charge in [0.15, 0.2) is 5.78 Å². The van der Waals surface area contributed by atoms with Crippen molar-refractivity contribution in [3.05, 3.63) is 101 Å². The zero-order valence-electron chi connectivity index (χ0n) is 18.8. The monoisotopic (exact) mass is 439 g/mol. The third-order valence-corrected chi connectivity index (χ3v) is 6.64. The summed E-state index contributed by atoms with van der Waals surface area (Å²) < 4.78 is 5.98. The van der Waals surface area contributed by atoms with Crippen molar-refractivity contribution in [2.45, 2.75) is 25.7 Å². The molecule has 1 N–H and O–H groups in total. The van der Waals surface area contributed by atoms with Crippen LogP contribution in [0, 0.1) is 0 Å². The molecule has 3 aromatic rings. The Hall–Kier alpha value is -3.37. The summed E-state index contributed by atoms with van der Waals surface area (Å²) in [6.07, 6.45) is 4.02. The Labute approximate surface area is 195 Å². The Kier molecular flexibility index (Phi) is 6.27. The van der Waals surface area contributed by atoms with Crippen LogP contribution in [0.15, 0.2) is 78.4 Å². The zero-order valence-corrected chi connectivity index (χ0v) is 18.8. The van der Waals surface area contributed by atoms with Gasteiger partial charge in [-0.1, -0.05) is 48.5 Å². The molecule has 0 aromatic heterocycles. The molecule has 0 amide bonds. The van der Waals surface area contributed by atoms with E-state index in [1.54, 1.807) is 12.1 Å². The van der Waals surface area contributed by atoms with Crippen molar-refractivity contribution in [1.29, 1.82) is 0 Å². The number of benzene rings is 3. The summed E-state index contributed by atoms with van der Waals surface area (Å²) in [6.45, 7) is 3.97. The summed E-state index contributed by atoms with van der Waals surface area (Å²) in [5.74, 6) is 1.09. The lowest BCUT2D eigenvalue weighted by Gasteiger charge is -2.24. The van der Waals surface area contributed by atoms with E-state index >= 15 is 0 Å². The Balaban J connectivity index is 1.46. The largest absolute Gasteiger partial charge is 0.508 e. The fraction of sp³-hybridized carbons (Fsp3) is 0.276. The van der Waals surface area contributed by atoms with Crippen molar-refractivity contribution >= 4 is 11.4 Å². The Morgan fingerprint density at radius 3 is 2.42 bits per heavy atom. The maximum absolute atomic E-state index is 13.5. The van der Waals surface area contributed by atoms with Gasteiger partial charge in [0.1, 0.15) is 18.1 Å². The van der Waals surface area contributed by atoms with E-state index in [2.05, 4.69) is 4.90 Å². The van der Waals surface area contributed by atoms with Crippen molar-refractivity contribution in [3.63, 3.8) is 0 Å². The average Bonchev–Trinajstić information content (AvgIpc) is 3.37. The second-order valence-electron chi connectivity index (χ2n) is 8.81. The molecule has 1 saturated heterocycles. The number of hydrogen-bond acceptors (Lipinski definition) is 4. The molecule has 1 heterocycles. The predicted molar refractivity (Wildman–Crippen MR) is 131 cm³/mol. The molecule has 3 aromatic carbocycles. The fourth-order valence-corrected chi connectivity index (χ4v) is 4.90. The number of aryl methyl sites for hydroxylation is 1. The van der Waals surface area contributed by atoms with Crippen LogP contribution in [-0.4, -0.2) is 42.0 Å². The number of Topliss-reactive ketones (excluding diaryl/α,β-unsaturated/α-hetero) is 1. The Morgan fingerprint density at radius 1 is 0.909 bits per heavy atom. The summed E-state index contributed by atoms with van der Waals surface area (Å²) in [5.41, 5.74) is 5.44. The molecular formula is C29H29NO3. The number of carbonyl (C=O) groups is 1. The summed E-state index contributed by atoms with van der Waals surface area (Å²) in [7, 11) is 0. The van der Waals surface area contributed by atoms with Crippen LogP contribution in [0.1, 0.15) is 46.3 Å². The van der Waals surface area contributed by atoms with E-state index in [9.17, 15) is 9.90 Å². The first-order valence-electron chi connectivity index (χ1n) is 11.8. The third kappa shape index (κ3) is 4.71. The molecule has 2 aliphatic rings. The standard InChI is InChI=1S/C29H29NO3/c31-24-12-8-21-11-15-26(29(32)23-6-2-1-3-7-23)28(27(21)20-24)22-9-13-25(14-10-22)33-19-18-30-16-4-5-17-30/h1-3,6-10,12-14,20,31H,4-5,11,15-19H2. The number of aromatic hydroxyl groups is 1. The highest BCUT2D eigenvalue weighted by atomic mass is 16.5. The lowest BCUT2D eigenvalue weighted by Crippen LogP contribution is -2.25. The van der Waals surface area contributed by atoms with Crippen LogP contribution in [0.4, 0.5) is 0 Å². The van der Waals surface area contributed by atoms with Crippen molar-refractivity contribution in [2.75, 3.05) is 26.2 Å². The van der Waals surface area contributed by atoms with Gasteiger partial charge in [0, 0.05) is 17.7 Å². The van der Waals surface area contributed by atoms with Crippen LogP contribution in [0.3, 0.4) is 0 Å². The lowest BCUT2D eigenvalue weighted by atomic mass is 9.79. The number of allylic oxidation sites excluding steroid dienone is 1. The van der Waals surface area contributed by atoms with Gasteiger partial charge in [-0.2, -0.15) is 0 Å². The van der Waals surface area contributed by atoms with Crippen LogP contribution in [0.2, 0.25) is 0 Å². The number of ketones is 1. The van der Waals surface area contributed by atoms with E-state index in [0.29, 0.717) is 18.6 Å². The minimum Gasteiger partial charge on any atom is -0.508 e. The molecule has 1 fully saturated rings. The van der Waals surface area contributed by atoms with Crippen molar-refractivity contribution in [1.82, 2.24) is 4.90 Å². The van der Waals surface area contributed by atoms with Crippen LogP contribution < -0.4 is 4.74 Å². The summed E-state index contributed by atoms with van der Waals surface area (Å²) in [4.78, 5) is 15.9. The molecule has 33 heavy (non-hydrogen) atoms. The van der Waals surface area contributed by atoms with Gasteiger partial charge in [-0.05, 0) is 85.3 Å². The number of nitrogens with zero attached hydrogens (tertiary/aromatic N) is 1. The summed E-state index contributed by atoms with van der Waals surface area (Å²) >= 11 is 0. The topological polar surface area (TPSA) is 49.8 Å². The van der Waals surface area contributed by atoms with Gasteiger partial charge in [0.2, 0.25) is 0 Å². The average molecular weight is 440 g/mol. The maximum atomic E-state index is 13.5. The van der Waals surface area contributed by atoms with E-state index < -0.39 is 0 Å². The zero-order chi connectivity index (χ0) is 22.6. The van der Waals surface area contributed by atoms with Gasteiger partial charge in [-0.3, -0.25) is 9.69 Å². The number of fused-ring (bicyclic) bond motifs is 1. The first kappa shape index (κ1) is 21.5. The molecule has 0 unspecified atom stereocenters. The van der Waals surface area contributed by atoms with Crippen molar-refractivity contribution in [2.24, 2.45) is 0 Å². The second-order valence-corrected chi connectivity index (χ2v) is 8.81. The van der Waals surface area contributed by atoms with Gasteiger partial charge >= 0.3 is 0 Å². The first-order chi connectivity index (χ1) is 16.2. The highest BCUT2D eigenvalue weighted by molar-refractivity contribution is 6.15. The molecule has 0 spiro atoms. The molecule has 1 aliphatic carbocycles. The minimum atomic E-state index is 0.0468. The number of carbonyl (C=O) groups excluding carboxylic acids is 1. The molecule has 0 atom stereocenters. The molecule has 0 saturated carbocycles. The van der Waals surface area contributed by atoms with E-state index in [1.165, 1.54) is 25.9 Å². The van der Waals surface area contributed by atoms with E-state index in [0.717, 1.165) is 46.6 Å². The third-order valence-electron chi connectivity index (χ3n) is 6.64. The van der Waals surface area contributed by atoms with Gasteiger partial charge in [-0.25, -0.2) is 0 Å². The van der Waals surface area contributed by atoms with Gasteiger partial charge in [0.25, 0.3) is 0 Å². The normalized spacial score (nSPS) is 16.0. The lowest BCUT2D eigenvalue weighted by molar-refractivity contribution is 0.103. The molecule has 0 bridgehead atoms. The van der Waals surface area contributed by atoms with Crippen molar-refractivity contribution in [3.8, 4) is 11.5 Å². The number of rotatable bonds is 7. The second kappa shape index (κ2) is 9.63. The van der Waals surface area contributed by atoms with E-state index in [1.807, 2.05) is 60.7 Å². The summed E-state index contributed by atoms with van der Waals surface area (Å²) in [5, 5.41) is 10.2. The van der Waals surface area contributed by atoms with Crippen LogP contribution in [0.5, 0.6) is 11.5 Å². The molecule has 5 rings (SSSR count). The number of hydrogen-bond donors (Lipinski definition) is 1. The molecular weight excluding hydrogens is 410 g/mol. The quantitative estimate of drug-likeness (QED) is 0.494. The predicted octanol–water partition coefficient (Wildman–Crippen LogP) is 5.50. The van der Waals surface area contributed by atoms with Crippen LogP contribution in [-0.2, 0) is 6.42 Å². The highest BCUT2D eigenvalue weighted by Gasteiger charge is 2.26. The van der Waals surface area contributed by atoms with Crippen LogP contribution >= 0.6 is 0 Å². The van der Waals surface area contributed by atoms with Gasteiger partial charge < -0.3 is 9.84 Å². The van der Waals surface area contributed by atoms with Gasteiger partial charge in [-0.15, -0.1) is 0 Å². The number of ether oxygens (including phenoxy) is 1. The smallest absolute Gasteiger partial charge is 0.189 e. The van der Waals surface area contributed by atoms with Crippen LogP contribution in [0.25, 0.3) is 5.57 Å². The SMILES string of the molecule is O=C(C1=C(c2ccc(OCCN3CCCC3)cc2)c2cc(O)ccc2CC1)c1ccccc1. The number of likely N-dealkylation sites (tertiary alicyclic amines) is 1. The number of phenols is 1. The fourth-order valence-electron chi connectivity index (χ4n) is 4.90. The van der Waals surface area contributed by atoms with Gasteiger partial charge in [0.05, 0.1) is 0 Å². The van der Waals surface area contributed by atoms with E-state index in [4.69, 9.17) is 4.74 Å². The molecule has 0 radical (unpaired) electrons. The maximum Gasteiger partial charge on any atom is 0.189 e. The molecule has 168 valence electrons. The molecule has 4 nitrogen and oxygen atoms in total. The summed E-state index contributed by atoms with van der Waals surface area (Å²) in [6, 6.07) is 22.9. The Bertz CT molecular complexity index is 1160. The van der Waals surface area contributed by atoms with Crippen molar-refractivity contribution < 1.29 is 14.6 Å². The number of phenolic OH excluding ortho intramolecular Hbond substituents is 1. The van der Waals surface area contributed by atoms with E-state index in [-0.39, 0.29) is 11.5 Å². The molecule has 4 heteroatoms. The first-order valence-corrected chi connectivity index (χ1v) is 11.8. The minimum absolute atomic E-state index is 0.0468. The molecule has 1 aliphatic heterocycles.